The molecule has 0 fully saturated rings. The molecule has 0 aromatic heterocycles. The number of para-hydroxylation sites is 1. The van der Waals surface area contributed by atoms with Crippen molar-refractivity contribution in [3.05, 3.63) is 89.2 Å². The van der Waals surface area contributed by atoms with Crippen LogP contribution in [0.2, 0.25) is 0 Å². The maximum Gasteiger partial charge on any atom is 0.416 e. The number of halogens is 6. The molecule has 0 heterocycles. The normalized spacial score (nSPS) is 11.3. The molecule has 0 saturated carbocycles. The Morgan fingerprint density at radius 1 is 0.912 bits per heavy atom. The molecule has 0 atom stereocenters. The Labute approximate surface area is 190 Å². The highest BCUT2D eigenvalue weighted by molar-refractivity contribution is 6.03. The zero-order valence-corrected chi connectivity index (χ0v) is 17.7. The van der Waals surface area contributed by atoms with Crippen molar-refractivity contribution in [1.29, 1.82) is 0 Å². The fraction of sp³-hybridized carbons (Fsp3) is 0.167. The van der Waals surface area contributed by atoms with E-state index in [2.05, 4.69) is 0 Å². The van der Waals surface area contributed by atoms with Crippen LogP contribution in [0, 0.1) is 17.5 Å². The van der Waals surface area contributed by atoms with Gasteiger partial charge in [0.25, 0.3) is 5.91 Å². The van der Waals surface area contributed by atoms with Crippen LogP contribution >= 0.6 is 0 Å². The van der Waals surface area contributed by atoms with Crippen molar-refractivity contribution in [2.45, 2.75) is 13.1 Å². The number of alkyl halides is 3. The third-order valence-corrected chi connectivity index (χ3v) is 4.94. The largest absolute Gasteiger partial charge is 0.416 e. The molecule has 10 heteroatoms. The third kappa shape index (κ3) is 5.56. The molecule has 0 bridgehead atoms. The van der Waals surface area contributed by atoms with Crippen molar-refractivity contribution in [2.75, 3.05) is 18.4 Å². The molecule has 0 aliphatic rings. The molecule has 3 aromatic carbocycles. The van der Waals surface area contributed by atoms with E-state index in [1.807, 2.05) is 5.32 Å². The number of carbonyl (C=O) groups excluding carboxylic acids is 2. The minimum atomic E-state index is -4.63. The maximum absolute atomic E-state index is 14.0. The van der Waals surface area contributed by atoms with E-state index in [0.29, 0.717) is 0 Å². The van der Waals surface area contributed by atoms with Crippen LogP contribution in [0.1, 0.15) is 22.8 Å². The fourth-order valence-corrected chi connectivity index (χ4v) is 3.28. The summed E-state index contributed by atoms with van der Waals surface area (Å²) in [7, 11) is 0. The average molecular weight is 480 g/mol. The first-order valence-corrected chi connectivity index (χ1v) is 10.0. The summed E-state index contributed by atoms with van der Waals surface area (Å²) in [5.74, 6) is -4.61. The lowest BCUT2D eigenvalue weighted by Crippen LogP contribution is -2.38. The van der Waals surface area contributed by atoms with E-state index in [-0.39, 0.29) is 23.2 Å². The Morgan fingerprint density at radius 2 is 1.56 bits per heavy atom. The predicted molar refractivity (Wildman–Crippen MR) is 113 cm³/mol. The highest BCUT2D eigenvalue weighted by Gasteiger charge is 2.31. The first-order chi connectivity index (χ1) is 16.0. The minimum Gasteiger partial charge on any atom is -0.330 e. The predicted octanol–water partition coefficient (Wildman–Crippen LogP) is 5.89. The van der Waals surface area contributed by atoms with Gasteiger partial charge < -0.3 is 10.2 Å². The van der Waals surface area contributed by atoms with E-state index in [1.54, 1.807) is 0 Å². The van der Waals surface area contributed by atoms with Gasteiger partial charge in [0.2, 0.25) is 5.91 Å². The van der Waals surface area contributed by atoms with Gasteiger partial charge in [0, 0.05) is 6.54 Å². The molecule has 0 unspecified atom stereocenters. The van der Waals surface area contributed by atoms with Crippen LogP contribution in [0.4, 0.5) is 32.0 Å². The summed E-state index contributed by atoms with van der Waals surface area (Å²) in [5, 5.41) is 2.05. The van der Waals surface area contributed by atoms with Gasteiger partial charge in [-0.2, -0.15) is 13.2 Å². The molecule has 4 nitrogen and oxygen atoms in total. The number of benzene rings is 3. The Kier molecular flexibility index (Phi) is 7.29. The Balaban J connectivity index is 1.91. The Bertz CT molecular complexity index is 1210. The number of nitrogens with zero attached hydrogens (tertiary/aromatic N) is 1. The third-order valence-electron chi connectivity index (χ3n) is 4.94. The average Bonchev–Trinajstić information content (AvgIpc) is 2.79. The highest BCUT2D eigenvalue weighted by Crippen LogP contribution is 2.33. The molecule has 2 amide bonds. The number of anilines is 1. The second kappa shape index (κ2) is 9.98. The molecule has 1 N–H and O–H groups in total. The number of hydrogen-bond donors (Lipinski definition) is 1. The van der Waals surface area contributed by atoms with E-state index in [1.165, 1.54) is 19.1 Å². The lowest BCUT2D eigenvalue weighted by Gasteiger charge is -2.22. The molecular formula is C24H18F6N2O2. The molecule has 0 aliphatic carbocycles. The van der Waals surface area contributed by atoms with Crippen LogP contribution in [0.15, 0.2) is 60.7 Å². The number of nitrogens with one attached hydrogen (secondary N) is 1. The quantitative estimate of drug-likeness (QED) is 0.448. The number of carbonyl (C=O) groups is 2. The summed E-state index contributed by atoms with van der Waals surface area (Å²) < 4.78 is 81.0. The maximum atomic E-state index is 14.0. The molecule has 34 heavy (non-hydrogen) atoms. The summed E-state index contributed by atoms with van der Waals surface area (Å²) in [6.07, 6.45) is -4.63. The monoisotopic (exact) mass is 480 g/mol. The number of likely N-dealkylation sites (N-methyl/N-ethyl adjacent to an activating group) is 1. The second-order valence-corrected chi connectivity index (χ2v) is 7.23. The van der Waals surface area contributed by atoms with Crippen molar-refractivity contribution in [2.24, 2.45) is 0 Å². The van der Waals surface area contributed by atoms with Crippen molar-refractivity contribution in [3.63, 3.8) is 0 Å². The first-order valence-electron chi connectivity index (χ1n) is 10.0. The molecule has 0 aliphatic heterocycles. The zero-order chi connectivity index (χ0) is 25.0. The topological polar surface area (TPSA) is 49.4 Å². The molecule has 3 rings (SSSR count). The summed E-state index contributed by atoms with van der Waals surface area (Å²) in [4.78, 5) is 26.5. The molecule has 0 spiro atoms. The molecule has 0 radical (unpaired) electrons. The minimum absolute atomic E-state index is 0.0205. The molecular weight excluding hydrogens is 462 g/mol. The zero-order valence-electron chi connectivity index (χ0n) is 17.7. The van der Waals surface area contributed by atoms with Gasteiger partial charge in [-0.3, -0.25) is 9.59 Å². The van der Waals surface area contributed by atoms with Gasteiger partial charge in [0.05, 0.1) is 11.1 Å². The SMILES string of the molecule is CCN(CC(=O)Nc1c(F)cccc1F)C(=O)c1cc(F)ccc1-c1cccc(C(F)(F)F)c1. The van der Waals surface area contributed by atoms with Crippen LogP contribution < -0.4 is 5.32 Å². The Morgan fingerprint density at radius 3 is 2.18 bits per heavy atom. The van der Waals surface area contributed by atoms with Crippen LogP contribution in [0.25, 0.3) is 11.1 Å². The van der Waals surface area contributed by atoms with Gasteiger partial charge in [0.15, 0.2) is 0 Å². The van der Waals surface area contributed by atoms with E-state index < -0.39 is 53.2 Å². The van der Waals surface area contributed by atoms with E-state index in [0.717, 1.165) is 53.4 Å². The first kappa shape index (κ1) is 24.8. The molecule has 178 valence electrons. The second-order valence-electron chi connectivity index (χ2n) is 7.23. The van der Waals surface area contributed by atoms with E-state index >= 15 is 0 Å². The van der Waals surface area contributed by atoms with Crippen LogP contribution in [-0.4, -0.2) is 29.8 Å². The van der Waals surface area contributed by atoms with Crippen molar-refractivity contribution >= 4 is 17.5 Å². The van der Waals surface area contributed by atoms with Gasteiger partial charge >= 0.3 is 6.18 Å². The molecule has 3 aromatic rings. The van der Waals surface area contributed by atoms with Gasteiger partial charge in [-0.05, 0) is 54.4 Å². The summed E-state index contributed by atoms with van der Waals surface area (Å²) >= 11 is 0. The van der Waals surface area contributed by atoms with Crippen molar-refractivity contribution in [1.82, 2.24) is 4.90 Å². The van der Waals surface area contributed by atoms with Crippen LogP contribution in [-0.2, 0) is 11.0 Å². The lowest BCUT2D eigenvalue weighted by atomic mass is 9.97. The van der Waals surface area contributed by atoms with Gasteiger partial charge in [-0.1, -0.05) is 24.3 Å². The van der Waals surface area contributed by atoms with Crippen molar-refractivity contribution < 1.29 is 35.9 Å². The summed E-state index contributed by atoms with van der Waals surface area (Å²) in [6, 6.07) is 10.2. The fourth-order valence-electron chi connectivity index (χ4n) is 3.28. The number of rotatable bonds is 6. The van der Waals surface area contributed by atoms with Crippen LogP contribution in [0.3, 0.4) is 0 Å². The smallest absolute Gasteiger partial charge is 0.330 e. The van der Waals surface area contributed by atoms with E-state index in [9.17, 15) is 35.9 Å². The van der Waals surface area contributed by atoms with E-state index in [4.69, 9.17) is 0 Å². The summed E-state index contributed by atoms with van der Waals surface area (Å²) in [5.41, 5.74) is -1.87. The molecule has 0 saturated heterocycles. The van der Waals surface area contributed by atoms with Gasteiger partial charge in [-0.25, -0.2) is 13.2 Å². The van der Waals surface area contributed by atoms with Crippen LogP contribution in [0.5, 0.6) is 0 Å². The van der Waals surface area contributed by atoms with Crippen molar-refractivity contribution in [3.8, 4) is 11.1 Å². The summed E-state index contributed by atoms with van der Waals surface area (Å²) in [6.45, 7) is 0.824. The highest BCUT2D eigenvalue weighted by atomic mass is 19.4. The number of amides is 2. The van der Waals surface area contributed by atoms with Gasteiger partial charge in [-0.15, -0.1) is 0 Å². The standard InChI is InChI=1S/C24H18F6N2O2/c1-2-32(13-21(33)31-22-19(26)7-4-8-20(22)27)23(34)18-12-16(25)9-10-17(18)14-5-3-6-15(11-14)24(28,29)30/h3-12H,2,13H2,1H3,(H,31,33). The van der Waals surface area contributed by atoms with Gasteiger partial charge in [0.1, 0.15) is 29.7 Å². The number of hydrogen-bond acceptors (Lipinski definition) is 2. The lowest BCUT2D eigenvalue weighted by molar-refractivity contribution is -0.137. The Hall–Kier alpha value is -3.82.